The minimum atomic E-state index is -1.11. The zero-order valence-corrected chi connectivity index (χ0v) is 22.1. The van der Waals surface area contributed by atoms with Crippen LogP contribution < -0.4 is 10.6 Å². The van der Waals surface area contributed by atoms with Crippen molar-refractivity contribution in [2.24, 2.45) is 11.8 Å². The standard InChI is InChI=1S/C30H40F2N2O2/c1-5-9-13-19(7-3)17-33-27-23-24(30(36)22-16-12-11-15-21(22)29(23)35)28(26(32)25(27)31)34-18-20(8-4)14-10-6-2/h11-12,15-16,19-20,33-34H,5-10,13-14,17-18H2,1-4H3. The largest absolute Gasteiger partial charge is 0.382 e. The number of unbranched alkanes of at least 4 members (excludes halogenated alkanes) is 2. The molecule has 2 N–H and O–H groups in total. The molecule has 2 aromatic rings. The monoisotopic (exact) mass is 498 g/mol. The average molecular weight is 499 g/mol. The van der Waals surface area contributed by atoms with E-state index >= 15 is 8.78 Å². The Hall–Kier alpha value is -2.76. The van der Waals surface area contributed by atoms with Crippen LogP contribution in [0.25, 0.3) is 0 Å². The van der Waals surface area contributed by atoms with Crippen molar-refractivity contribution in [3.05, 3.63) is 58.2 Å². The number of carbonyl (C=O) groups excluding carboxylic acids is 2. The molecule has 0 bridgehead atoms. The first-order valence-corrected chi connectivity index (χ1v) is 13.6. The van der Waals surface area contributed by atoms with Crippen LogP contribution in [0.5, 0.6) is 0 Å². The highest BCUT2D eigenvalue weighted by Crippen LogP contribution is 2.40. The highest BCUT2D eigenvalue weighted by molar-refractivity contribution is 6.32. The smallest absolute Gasteiger partial charge is 0.196 e. The van der Waals surface area contributed by atoms with Gasteiger partial charge in [-0.2, -0.15) is 0 Å². The molecule has 196 valence electrons. The topological polar surface area (TPSA) is 58.2 Å². The maximum Gasteiger partial charge on any atom is 0.196 e. The lowest BCUT2D eigenvalue weighted by molar-refractivity contribution is 0.0979. The second-order valence-electron chi connectivity index (χ2n) is 9.93. The molecule has 2 unspecified atom stereocenters. The van der Waals surface area contributed by atoms with Crippen molar-refractivity contribution in [2.45, 2.75) is 79.1 Å². The first-order chi connectivity index (χ1) is 17.4. The summed E-state index contributed by atoms with van der Waals surface area (Å²) >= 11 is 0. The highest BCUT2D eigenvalue weighted by atomic mass is 19.2. The molecule has 0 saturated heterocycles. The van der Waals surface area contributed by atoms with Gasteiger partial charge in [0.1, 0.15) is 0 Å². The summed E-state index contributed by atoms with van der Waals surface area (Å²) in [6.45, 7) is 9.17. The van der Waals surface area contributed by atoms with E-state index in [2.05, 4.69) is 38.3 Å². The zero-order valence-electron chi connectivity index (χ0n) is 22.1. The molecule has 0 heterocycles. The van der Waals surface area contributed by atoms with Gasteiger partial charge in [-0.3, -0.25) is 9.59 Å². The second kappa shape index (κ2) is 13.0. The quantitative estimate of drug-likeness (QED) is 0.236. The van der Waals surface area contributed by atoms with Crippen molar-refractivity contribution >= 4 is 22.9 Å². The molecular weight excluding hydrogens is 458 g/mol. The molecule has 0 radical (unpaired) electrons. The number of nitrogens with one attached hydrogen (secondary N) is 2. The molecular formula is C30H40F2N2O2. The van der Waals surface area contributed by atoms with Crippen LogP contribution in [0.15, 0.2) is 24.3 Å². The van der Waals surface area contributed by atoms with Gasteiger partial charge in [0.05, 0.1) is 22.5 Å². The van der Waals surface area contributed by atoms with Crippen LogP contribution in [-0.2, 0) is 0 Å². The summed E-state index contributed by atoms with van der Waals surface area (Å²) in [5.41, 5.74) is -0.0771. The maximum atomic E-state index is 15.6. The van der Waals surface area contributed by atoms with Crippen molar-refractivity contribution in [1.29, 1.82) is 0 Å². The van der Waals surface area contributed by atoms with Gasteiger partial charge in [-0.1, -0.05) is 90.5 Å². The predicted octanol–water partition coefficient (Wildman–Crippen LogP) is 8.00. The summed E-state index contributed by atoms with van der Waals surface area (Å²) in [5, 5.41) is 6.08. The first kappa shape index (κ1) is 27.8. The van der Waals surface area contributed by atoms with Gasteiger partial charge >= 0.3 is 0 Å². The number of rotatable bonds is 14. The summed E-state index contributed by atoms with van der Waals surface area (Å²) in [6.07, 6.45) is 7.86. The summed E-state index contributed by atoms with van der Waals surface area (Å²) in [7, 11) is 0. The fourth-order valence-corrected chi connectivity index (χ4v) is 5.00. The number of hydrogen-bond donors (Lipinski definition) is 2. The number of fused-ring (bicyclic) bond motifs is 2. The Morgan fingerprint density at radius 3 is 1.42 bits per heavy atom. The van der Waals surface area contributed by atoms with Crippen LogP contribution in [0.1, 0.15) is 111 Å². The van der Waals surface area contributed by atoms with E-state index in [0.29, 0.717) is 13.1 Å². The summed E-state index contributed by atoms with van der Waals surface area (Å²) in [5.74, 6) is -2.61. The highest BCUT2D eigenvalue weighted by Gasteiger charge is 2.38. The number of ketones is 2. The van der Waals surface area contributed by atoms with Crippen LogP contribution in [0.4, 0.5) is 20.2 Å². The van der Waals surface area contributed by atoms with Gasteiger partial charge in [0, 0.05) is 24.2 Å². The third-order valence-corrected chi connectivity index (χ3v) is 7.47. The van der Waals surface area contributed by atoms with E-state index in [1.54, 1.807) is 24.3 Å². The first-order valence-electron chi connectivity index (χ1n) is 13.6. The molecule has 0 spiro atoms. The molecule has 0 saturated carbocycles. The molecule has 0 aromatic heterocycles. The average Bonchev–Trinajstić information content (AvgIpc) is 2.90. The Kier molecular flexibility index (Phi) is 10.0. The molecule has 4 nitrogen and oxygen atoms in total. The fourth-order valence-electron chi connectivity index (χ4n) is 5.00. The number of carbonyl (C=O) groups is 2. The van der Waals surface area contributed by atoms with Crippen LogP contribution in [0.3, 0.4) is 0 Å². The fraction of sp³-hybridized carbons (Fsp3) is 0.533. The van der Waals surface area contributed by atoms with Gasteiger partial charge in [0.15, 0.2) is 23.2 Å². The lowest BCUT2D eigenvalue weighted by atomic mass is 9.81. The lowest BCUT2D eigenvalue weighted by Gasteiger charge is -2.27. The Morgan fingerprint density at radius 2 is 1.08 bits per heavy atom. The van der Waals surface area contributed by atoms with E-state index in [1.165, 1.54) is 0 Å². The normalized spacial score (nSPS) is 14.3. The number of halogens is 2. The summed E-state index contributed by atoms with van der Waals surface area (Å²) in [4.78, 5) is 27.2. The second-order valence-corrected chi connectivity index (χ2v) is 9.93. The van der Waals surface area contributed by atoms with E-state index < -0.39 is 23.2 Å². The minimum absolute atomic E-state index is 0.0629. The van der Waals surface area contributed by atoms with Crippen molar-refractivity contribution in [3.8, 4) is 0 Å². The van der Waals surface area contributed by atoms with E-state index in [0.717, 1.165) is 51.4 Å². The van der Waals surface area contributed by atoms with Crippen molar-refractivity contribution < 1.29 is 18.4 Å². The van der Waals surface area contributed by atoms with E-state index in [-0.39, 0.29) is 45.5 Å². The van der Waals surface area contributed by atoms with Gasteiger partial charge in [-0.15, -0.1) is 0 Å². The molecule has 0 amide bonds. The van der Waals surface area contributed by atoms with E-state index in [9.17, 15) is 9.59 Å². The van der Waals surface area contributed by atoms with Gasteiger partial charge in [-0.05, 0) is 24.7 Å². The molecule has 1 aliphatic rings. The molecule has 0 fully saturated rings. The van der Waals surface area contributed by atoms with Crippen LogP contribution in [0, 0.1) is 23.5 Å². The van der Waals surface area contributed by atoms with Gasteiger partial charge in [-0.25, -0.2) is 8.78 Å². The summed E-state index contributed by atoms with van der Waals surface area (Å²) in [6, 6.07) is 6.51. The summed E-state index contributed by atoms with van der Waals surface area (Å²) < 4.78 is 31.2. The van der Waals surface area contributed by atoms with Crippen molar-refractivity contribution in [2.75, 3.05) is 23.7 Å². The number of anilines is 2. The van der Waals surface area contributed by atoms with Crippen LogP contribution in [-0.4, -0.2) is 24.7 Å². The lowest BCUT2D eigenvalue weighted by Crippen LogP contribution is -2.28. The predicted molar refractivity (Wildman–Crippen MR) is 143 cm³/mol. The van der Waals surface area contributed by atoms with Gasteiger partial charge < -0.3 is 10.6 Å². The van der Waals surface area contributed by atoms with E-state index in [1.807, 2.05) is 0 Å². The Labute approximate surface area is 214 Å². The van der Waals surface area contributed by atoms with Crippen molar-refractivity contribution in [1.82, 2.24) is 0 Å². The van der Waals surface area contributed by atoms with Crippen LogP contribution in [0.2, 0.25) is 0 Å². The molecule has 1 aliphatic carbocycles. The SMILES string of the molecule is CCCCC(CC)CNc1c(F)c(F)c(NCC(CC)CCCC)c2c1C(=O)c1ccccc1C2=O. The van der Waals surface area contributed by atoms with Gasteiger partial charge in [0.25, 0.3) is 0 Å². The maximum absolute atomic E-state index is 15.6. The Balaban J connectivity index is 2.07. The zero-order chi connectivity index (χ0) is 26.2. The number of hydrogen-bond acceptors (Lipinski definition) is 4. The third kappa shape index (κ3) is 5.79. The number of benzene rings is 2. The van der Waals surface area contributed by atoms with Crippen LogP contribution >= 0.6 is 0 Å². The molecule has 36 heavy (non-hydrogen) atoms. The van der Waals surface area contributed by atoms with Crippen molar-refractivity contribution in [3.63, 3.8) is 0 Å². The molecule has 2 atom stereocenters. The molecule has 3 rings (SSSR count). The van der Waals surface area contributed by atoms with Gasteiger partial charge in [0.2, 0.25) is 0 Å². The molecule has 2 aromatic carbocycles. The minimum Gasteiger partial charge on any atom is -0.382 e. The molecule has 0 aliphatic heterocycles. The molecule has 6 heteroatoms. The Morgan fingerprint density at radius 1 is 0.694 bits per heavy atom. The van der Waals surface area contributed by atoms with E-state index in [4.69, 9.17) is 0 Å². The Bertz CT molecular complexity index is 999. The third-order valence-electron chi connectivity index (χ3n) is 7.47.